The molecule has 31 heavy (non-hydrogen) atoms. The van der Waals surface area contributed by atoms with Crippen LogP contribution in [0.5, 0.6) is 5.75 Å². The van der Waals surface area contributed by atoms with Crippen molar-refractivity contribution in [2.24, 2.45) is 0 Å². The molecule has 5 rings (SSSR count). The highest BCUT2D eigenvalue weighted by Crippen LogP contribution is 2.33. The van der Waals surface area contributed by atoms with E-state index in [2.05, 4.69) is 29.1 Å². The van der Waals surface area contributed by atoms with E-state index in [4.69, 9.17) is 9.72 Å². The Morgan fingerprint density at radius 1 is 1.00 bits per heavy atom. The number of aromatic amines is 1. The van der Waals surface area contributed by atoms with Gasteiger partial charge in [0.05, 0.1) is 18.3 Å². The van der Waals surface area contributed by atoms with E-state index in [0.29, 0.717) is 5.69 Å². The Hall–Kier alpha value is -3.38. The molecule has 0 atom stereocenters. The molecule has 4 aromatic rings. The Morgan fingerprint density at radius 2 is 1.71 bits per heavy atom. The molecule has 1 aliphatic heterocycles. The van der Waals surface area contributed by atoms with Crippen LogP contribution in [-0.4, -0.2) is 66.0 Å². The first-order valence-electron chi connectivity index (χ1n) is 10.2. The predicted octanol–water partition coefficient (Wildman–Crippen LogP) is 4.42. The number of likely N-dealkylation sites (N-methyl/N-ethyl adjacent to an activating group) is 1. The summed E-state index contributed by atoms with van der Waals surface area (Å²) in [6.45, 7) is 3.21. The highest BCUT2D eigenvalue weighted by atomic mass is 16.5. The van der Waals surface area contributed by atoms with Crippen molar-refractivity contribution in [3.05, 3.63) is 60.3 Å². The molecule has 3 heterocycles. The Morgan fingerprint density at radius 3 is 2.42 bits per heavy atom. The summed E-state index contributed by atoms with van der Waals surface area (Å²) in [5.74, 6) is 0.779. The molecule has 6 heteroatoms. The van der Waals surface area contributed by atoms with E-state index in [-0.39, 0.29) is 13.3 Å². The Balaban J connectivity index is 0.00000231. The van der Waals surface area contributed by atoms with Gasteiger partial charge in [-0.25, -0.2) is 4.98 Å². The number of carbonyl (C=O) groups excluding carboxylic acids is 1. The number of nitrogens with one attached hydrogen (secondary N) is 1. The number of methoxy groups -OCH3 is 1. The first-order valence-corrected chi connectivity index (χ1v) is 10.2. The van der Waals surface area contributed by atoms with Crippen LogP contribution in [0.1, 0.15) is 17.9 Å². The standard InChI is InChI=1S/C24H24N4O2.CH4/c1-27-11-13-28(14-12-27)24(29)21-15-19-18-5-3-4-6-20(18)25-23(19)22(26-21)16-7-9-17(30-2)10-8-16;/h3-10,15,25H,11-14H2,1-2H3;1H4. The quantitative estimate of drug-likeness (QED) is 0.537. The maximum atomic E-state index is 13.3. The van der Waals surface area contributed by atoms with Crippen LogP contribution in [0.15, 0.2) is 54.6 Å². The fourth-order valence-electron chi connectivity index (χ4n) is 4.08. The van der Waals surface area contributed by atoms with Gasteiger partial charge in [0.25, 0.3) is 5.91 Å². The average molecular weight is 417 g/mol. The fraction of sp³-hybridized carbons (Fsp3) is 0.280. The number of ether oxygens (including phenoxy) is 1. The largest absolute Gasteiger partial charge is 0.497 e. The maximum absolute atomic E-state index is 13.3. The van der Waals surface area contributed by atoms with E-state index < -0.39 is 0 Å². The zero-order valence-corrected chi connectivity index (χ0v) is 17.2. The number of piperazine rings is 1. The monoisotopic (exact) mass is 416 g/mol. The number of aromatic nitrogens is 2. The summed E-state index contributed by atoms with van der Waals surface area (Å²) in [5, 5.41) is 2.11. The Labute approximate surface area is 182 Å². The zero-order valence-electron chi connectivity index (χ0n) is 17.2. The minimum absolute atomic E-state index is 0. The van der Waals surface area contributed by atoms with Crippen molar-refractivity contribution >= 4 is 27.7 Å². The van der Waals surface area contributed by atoms with E-state index in [1.807, 2.05) is 47.4 Å². The van der Waals surface area contributed by atoms with Gasteiger partial charge in [-0.2, -0.15) is 0 Å². The second kappa shape index (κ2) is 8.40. The molecule has 0 saturated carbocycles. The summed E-state index contributed by atoms with van der Waals surface area (Å²) >= 11 is 0. The number of benzene rings is 2. The van der Waals surface area contributed by atoms with Crippen molar-refractivity contribution in [1.82, 2.24) is 19.8 Å². The highest BCUT2D eigenvalue weighted by Gasteiger charge is 2.23. The van der Waals surface area contributed by atoms with E-state index in [1.54, 1.807) is 7.11 Å². The Kier molecular flexibility index (Phi) is 5.65. The van der Waals surface area contributed by atoms with Crippen LogP contribution in [-0.2, 0) is 0 Å². The highest BCUT2D eigenvalue weighted by molar-refractivity contribution is 6.13. The van der Waals surface area contributed by atoms with Gasteiger partial charge in [0, 0.05) is 48.0 Å². The van der Waals surface area contributed by atoms with Crippen LogP contribution in [0, 0.1) is 0 Å². The number of hydrogen-bond acceptors (Lipinski definition) is 4. The van der Waals surface area contributed by atoms with Crippen LogP contribution in [0.2, 0.25) is 0 Å². The third-order valence-electron chi connectivity index (χ3n) is 5.87. The summed E-state index contributed by atoms with van der Waals surface area (Å²) in [6.07, 6.45) is 0. The summed E-state index contributed by atoms with van der Waals surface area (Å²) < 4.78 is 5.30. The van der Waals surface area contributed by atoms with Gasteiger partial charge < -0.3 is 19.5 Å². The molecule has 1 fully saturated rings. The molecule has 1 aliphatic rings. The van der Waals surface area contributed by atoms with Crippen molar-refractivity contribution < 1.29 is 9.53 Å². The molecule has 0 unspecified atom stereocenters. The fourth-order valence-corrected chi connectivity index (χ4v) is 4.08. The molecule has 1 saturated heterocycles. The topological polar surface area (TPSA) is 61.5 Å². The molecular formula is C25H28N4O2. The van der Waals surface area contributed by atoms with E-state index in [0.717, 1.165) is 65.0 Å². The lowest BCUT2D eigenvalue weighted by Gasteiger charge is -2.32. The molecule has 0 spiro atoms. The number of hydrogen-bond donors (Lipinski definition) is 1. The van der Waals surface area contributed by atoms with Crippen molar-refractivity contribution in [2.75, 3.05) is 40.3 Å². The Bertz CT molecular complexity index is 1220. The first kappa shape index (κ1) is 20.9. The number of pyridine rings is 1. The molecule has 1 amide bonds. The normalized spacial score (nSPS) is 14.6. The second-order valence-corrected chi connectivity index (χ2v) is 7.77. The summed E-state index contributed by atoms with van der Waals surface area (Å²) in [5.41, 5.74) is 4.19. The van der Waals surface area contributed by atoms with Gasteiger partial charge in [-0.15, -0.1) is 0 Å². The first-order chi connectivity index (χ1) is 14.6. The van der Waals surface area contributed by atoms with Crippen LogP contribution in [0.4, 0.5) is 0 Å². The predicted molar refractivity (Wildman–Crippen MR) is 126 cm³/mol. The van der Waals surface area contributed by atoms with Gasteiger partial charge in [-0.1, -0.05) is 25.6 Å². The number of H-pyrrole nitrogens is 1. The van der Waals surface area contributed by atoms with Gasteiger partial charge in [-0.3, -0.25) is 4.79 Å². The lowest BCUT2D eigenvalue weighted by atomic mass is 10.1. The molecule has 160 valence electrons. The number of nitrogens with zero attached hydrogens (tertiary/aromatic N) is 3. The summed E-state index contributed by atoms with van der Waals surface area (Å²) in [6, 6.07) is 17.9. The SMILES string of the molecule is C.COc1ccc(-c2nc(C(=O)N3CCN(C)CC3)cc3c2[nH]c2ccccc23)cc1. The molecule has 2 aromatic heterocycles. The van der Waals surface area contributed by atoms with Crippen molar-refractivity contribution in [1.29, 1.82) is 0 Å². The van der Waals surface area contributed by atoms with Crippen LogP contribution >= 0.6 is 0 Å². The minimum Gasteiger partial charge on any atom is -0.497 e. The number of carbonyl (C=O) groups is 1. The van der Waals surface area contributed by atoms with E-state index >= 15 is 0 Å². The molecule has 0 aliphatic carbocycles. The summed E-state index contributed by atoms with van der Waals surface area (Å²) in [7, 11) is 3.73. The smallest absolute Gasteiger partial charge is 0.272 e. The minimum atomic E-state index is -0.00922. The van der Waals surface area contributed by atoms with Crippen LogP contribution in [0.25, 0.3) is 33.1 Å². The third kappa shape index (κ3) is 3.75. The van der Waals surface area contributed by atoms with Gasteiger partial charge in [0.15, 0.2) is 0 Å². The molecule has 0 radical (unpaired) electrons. The van der Waals surface area contributed by atoms with Gasteiger partial charge >= 0.3 is 0 Å². The lowest BCUT2D eigenvalue weighted by molar-refractivity contribution is 0.0658. The number of fused-ring (bicyclic) bond motifs is 3. The second-order valence-electron chi connectivity index (χ2n) is 7.77. The van der Waals surface area contributed by atoms with E-state index in [1.165, 1.54) is 0 Å². The number of rotatable bonds is 3. The lowest BCUT2D eigenvalue weighted by Crippen LogP contribution is -2.47. The molecule has 1 N–H and O–H groups in total. The average Bonchev–Trinajstić information content (AvgIpc) is 3.17. The van der Waals surface area contributed by atoms with Crippen LogP contribution < -0.4 is 4.74 Å². The molecule has 6 nitrogen and oxygen atoms in total. The van der Waals surface area contributed by atoms with Crippen molar-refractivity contribution in [2.45, 2.75) is 7.43 Å². The maximum Gasteiger partial charge on any atom is 0.272 e. The summed E-state index contributed by atoms with van der Waals surface area (Å²) in [4.78, 5) is 25.8. The van der Waals surface area contributed by atoms with Gasteiger partial charge in [0.1, 0.15) is 11.4 Å². The molecule has 2 aromatic carbocycles. The van der Waals surface area contributed by atoms with Gasteiger partial charge in [-0.05, 0) is 43.4 Å². The number of para-hydroxylation sites is 1. The number of amides is 1. The van der Waals surface area contributed by atoms with Crippen molar-refractivity contribution in [3.8, 4) is 17.0 Å². The molecular weight excluding hydrogens is 388 g/mol. The zero-order chi connectivity index (χ0) is 20.7. The van der Waals surface area contributed by atoms with Crippen molar-refractivity contribution in [3.63, 3.8) is 0 Å². The van der Waals surface area contributed by atoms with Crippen LogP contribution in [0.3, 0.4) is 0 Å². The molecule has 0 bridgehead atoms. The third-order valence-corrected chi connectivity index (χ3v) is 5.87. The van der Waals surface area contributed by atoms with E-state index in [9.17, 15) is 4.79 Å². The van der Waals surface area contributed by atoms with Gasteiger partial charge in [0.2, 0.25) is 0 Å².